The Bertz CT molecular complexity index is 728. The Morgan fingerprint density at radius 1 is 1.38 bits per heavy atom. The molecule has 0 unspecified atom stereocenters. The molecule has 0 fully saturated rings. The molecule has 0 atom stereocenters. The summed E-state index contributed by atoms with van der Waals surface area (Å²) in [4.78, 5) is 27.5. The first-order valence-corrected chi connectivity index (χ1v) is 7.09. The van der Waals surface area contributed by atoms with E-state index in [9.17, 15) is 9.59 Å². The highest BCUT2D eigenvalue weighted by atomic mass is 35.5. The molecule has 1 N–H and O–H groups in total. The predicted octanol–water partition coefficient (Wildman–Crippen LogP) is 3.21. The number of carbonyl (C=O) groups excluding carboxylic acids is 1. The largest absolute Gasteiger partial charge is 0.321 e. The number of rotatable bonds is 4. The molecule has 0 aromatic carbocycles. The van der Waals surface area contributed by atoms with Crippen LogP contribution in [0, 0.1) is 0 Å². The summed E-state index contributed by atoms with van der Waals surface area (Å²) in [5.74, 6) is -0.372. The summed E-state index contributed by atoms with van der Waals surface area (Å²) in [5, 5.41) is 3.04. The molecule has 5 nitrogen and oxygen atoms in total. The van der Waals surface area contributed by atoms with Crippen LogP contribution in [-0.2, 0) is 6.54 Å². The van der Waals surface area contributed by atoms with E-state index in [4.69, 9.17) is 23.2 Å². The SMILES string of the molecule is CCCn1cc(NC(=O)c2cnc(Cl)c(Cl)c2)ccc1=O. The van der Waals surface area contributed by atoms with Gasteiger partial charge in [0.25, 0.3) is 11.5 Å². The Morgan fingerprint density at radius 3 is 2.81 bits per heavy atom. The summed E-state index contributed by atoms with van der Waals surface area (Å²) in [7, 11) is 0. The molecule has 0 bridgehead atoms. The Balaban J connectivity index is 2.21. The van der Waals surface area contributed by atoms with E-state index in [0.717, 1.165) is 6.42 Å². The lowest BCUT2D eigenvalue weighted by Crippen LogP contribution is -2.20. The number of aryl methyl sites for hydroxylation is 1. The van der Waals surface area contributed by atoms with Crippen LogP contribution in [0.4, 0.5) is 5.69 Å². The van der Waals surface area contributed by atoms with Gasteiger partial charge in [-0.25, -0.2) is 4.98 Å². The van der Waals surface area contributed by atoms with E-state index in [-0.39, 0.29) is 27.2 Å². The van der Waals surface area contributed by atoms with E-state index in [1.165, 1.54) is 18.3 Å². The highest BCUT2D eigenvalue weighted by Gasteiger charge is 2.10. The van der Waals surface area contributed by atoms with Crippen LogP contribution in [0.5, 0.6) is 0 Å². The molecule has 2 rings (SSSR count). The van der Waals surface area contributed by atoms with Gasteiger partial charge in [0.2, 0.25) is 0 Å². The Kier molecular flexibility index (Phi) is 4.98. The molecule has 0 spiro atoms. The number of anilines is 1. The average molecular weight is 326 g/mol. The normalized spacial score (nSPS) is 10.4. The van der Waals surface area contributed by atoms with Crippen molar-refractivity contribution in [2.45, 2.75) is 19.9 Å². The van der Waals surface area contributed by atoms with Crippen molar-refractivity contribution >= 4 is 34.8 Å². The molecule has 110 valence electrons. The van der Waals surface area contributed by atoms with E-state index in [1.807, 2.05) is 6.92 Å². The highest BCUT2D eigenvalue weighted by molar-refractivity contribution is 6.41. The van der Waals surface area contributed by atoms with Gasteiger partial charge in [-0.3, -0.25) is 9.59 Å². The fourth-order valence-electron chi connectivity index (χ4n) is 1.77. The predicted molar refractivity (Wildman–Crippen MR) is 83.2 cm³/mol. The second-order valence-electron chi connectivity index (χ2n) is 4.40. The minimum atomic E-state index is -0.372. The van der Waals surface area contributed by atoms with Crippen LogP contribution in [0.15, 0.2) is 35.4 Å². The minimum Gasteiger partial charge on any atom is -0.321 e. The lowest BCUT2D eigenvalue weighted by Gasteiger charge is -2.09. The Morgan fingerprint density at radius 2 is 2.14 bits per heavy atom. The number of aromatic nitrogens is 2. The first kappa shape index (κ1) is 15.5. The minimum absolute atomic E-state index is 0.106. The van der Waals surface area contributed by atoms with E-state index in [0.29, 0.717) is 12.2 Å². The van der Waals surface area contributed by atoms with Crippen LogP contribution in [-0.4, -0.2) is 15.5 Å². The van der Waals surface area contributed by atoms with Crippen molar-refractivity contribution in [3.05, 3.63) is 56.7 Å². The first-order valence-electron chi connectivity index (χ1n) is 6.34. The molecule has 2 aromatic heterocycles. The Labute approximate surface area is 131 Å². The van der Waals surface area contributed by atoms with Crippen LogP contribution in [0.3, 0.4) is 0 Å². The monoisotopic (exact) mass is 325 g/mol. The smallest absolute Gasteiger partial charge is 0.257 e. The second kappa shape index (κ2) is 6.74. The van der Waals surface area contributed by atoms with Gasteiger partial charge in [0.15, 0.2) is 0 Å². The van der Waals surface area contributed by atoms with Gasteiger partial charge in [-0.1, -0.05) is 30.1 Å². The van der Waals surface area contributed by atoms with Gasteiger partial charge in [0.1, 0.15) is 5.15 Å². The van der Waals surface area contributed by atoms with Crippen molar-refractivity contribution in [2.75, 3.05) is 5.32 Å². The molecule has 7 heteroatoms. The maximum atomic E-state index is 12.1. The van der Waals surface area contributed by atoms with Gasteiger partial charge in [0.05, 0.1) is 16.3 Å². The summed E-state index contributed by atoms with van der Waals surface area (Å²) in [5.41, 5.74) is 0.711. The number of hydrogen-bond donors (Lipinski definition) is 1. The lowest BCUT2D eigenvalue weighted by molar-refractivity contribution is 0.102. The first-order chi connectivity index (χ1) is 10.0. The van der Waals surface area contributed by atoms with Crippen molar-refractivity contribution in [2.24, 2.45) is 0 Å². The van der Waals surface area contributed by atoms with Crippen molar-refractivity contribution in [3.8, 4) is 0 Å². The summed E-state index contributed by atoms with van der Waals surface area (Å²) in [6.45, 7) is 2.57. The number of halogens is 2. The summed E-state index contributed by atoms with van der Waals surface area (Å²) >= 11 is 11.5. The lowest BCUT2D eigenvalue weighted by atomic mass is 10.2. The molecule has 0 aliphatic carbocycles. The average Bonchev–Trinajstić information content (AvgIpc) is 2.45. The summed E-state index contributed by atoms with van der Waals surface area (Å²) in [6, 6.07) is 4.41. The van der Waals surface area contributed by atoms with E-state index < -0.39 is 0 Å². The molecule has 0 radical (unpaired) electrons. The maximum absolute atomic E-state index is 12.1. The Hall–Kier alpha value is -1.85. The quantitative estimate of drug-likeness (QED) is 0.878. The molecular weight excluding hydrogens is 313 g/mol. The fourth-order valence-corrected chi connectivity index (χ4v) is 2.04. The van der Waals surface area contributed by atoms with Gasteiger partial charge >= 0.3 is 0 Å². The molecule has 0 aliphatic heterocycles. The second-order valence-corrected chi connectivity index (χ2v) is 5.17. The number of carbonyl (C=O) groups is 1. The van der Waals surface area contributed by atoms with Crippen LogP contribution in [0.1, 0.15) is 23.7 Å². The van der Waals surface area contributed by atoms with Crippen molar-refractivity contribution in [3.63, 3.8) is 0 Å². The van der Waals surface area contributed by atoms with Crippen LogP contribution in [0.25, 0.3) is 0 Å². The third-order valence-corrected chi connectivity index (χ3v) is 3.45. The number of nitrogens with one attached hydrogen (secondary N) is 1. The molecule has 0 aliphatic rings. The highest BCUT2D eigenvalue weighted by Crippen LogP contribution is 2.20. The van der Waals surface area contributed by atoms with Gasteiger partial charge in [0, 0.05) is 25.0 Å². The summed E-state index contributed by atoms with van der Waals surface area (Å²) in [6.07, 6.45) is 3.77. The standard InChI is InChI=1S/C14H13Cl2N3O2/c1-2-5-19-8-10(3-4-12(19)20)18-14(21)9-6-11(15)13(16)17-7-9/h3-4,6-8H,2,5H2,1H3,(H,18,21). The maximum Gasteiger partial charge on any atom is 0.257 e. The molecular formula is C14H13Cl2N3O2. The van der Waals surface area contributed by atoms with E-state index >= 15 is 0 Å². The van der Waals surface area contributed by atoms with Crippen LogP contribution < -0.4 is 10.9 Å². The van der Waals surface area contributed by atoms with E-state index in [1.54, 1.807) is 16.8 Å². The van der Waals surface area contributed by atoms with E-state index in [2.05, 4.69) is 10.3 Å². The van der Waals surface area contributed by atoms with Gasteiger partial charge in [-0.15, -0.1) is 0 Å². The third-order valence-electron chi connectivity index (χ3n) is 2.76. The van der Waals surface area contributed by atoms with Gasteiger partial charge in [-0.05, 0) is 18.6 Å². The molecule has 1 amide bonds. The van der Waals surface area contributed by atoms with Gasteiger partial charge in [-0.2, -0.15) is 0 Å². The number of pyridine rings is 2. The summed E-state index contributed by atoms with van der Waals surface area (Å²) < 4.78 is 1.54. The van der Waals surface area contributed by atoms with Crippen LogP contribution in [0.2, 0.25) is 10.2 Å². The van der Waals surface area contributed by atoms with Crippen LogP contribution >= 0.6 is 23.2 Å². The zero-order valence-corrected chi connectivity index (χ0v) is 12.8. The zero-order chi connectivity index (χ0) is 15.4. The number of amides is 1. The van der Waals surface area contributed by atoms with Crippen molar-refractivity contribution in [1.29, 1.82) is 0 Å². The topological polar surface area (TPSA) is 64.0 Å². The zero-order valence-electron chi connectivity index (χ0n) is 11.3. The molecule has 0 saturated heterocycles. The fraction of sp³-hybridized carbons (Fsp3) is 0.214. The number of nitrogens with zero attached hydrogens (tertiary/aromatic N) is 2. The van der Waals surface area contributed by atoms with Crippen molar-refractivity contribution < 1.29 is 4.79 Å². The molecule has 21 heavy (non-hydrogen) atoms. The van der Waals surface area contributed by atoms with Gasteiger partial charge < -0.3 is 9.88 Å². The molecule has 2 aromatic rings. The molecule has 0 saturated carbocycles. The van der Waals surface area contributed by atoms with Crippen molar-refractivity contribution in [1.82, 2.24) is 9.55 Å². The molecule has 2 heterocycles. The third kappa shape index (κ3) is 3.83. The number of hydrogen-bond acceptors (Lipinski definition) is 3.